The van der Waals surface area contributed by atoms with Gasteiger partial charge in [-0.3, -0.25) is 9.78 Å². The molecule has 7 nitrogen and oxygen atoms in total. The van der Waals surface area contributed by atoms with Crippen LogP contribution in [0.3, 0.4) is 0 Å². The summed E-state index contributed by atoms with van der Waals surface area (Å²) in [7, 11) is 1.66. The number of hydrogen-bond donors (Lipinski definition) is 0. The van der Waals surface area contributed by atoms with Crippen molar-refractivity contribution in [2.45, 2.75) is 32.3 Å². The second kappa shape index (κ2) is 9.94. The van der Waals surface area contributed by atoms with E-state index in [9.17, 15) is 4.79 Å². The van der Waals surface area contributed by atoms with Crippen LogP contribution in [-0.4, -0.2) is 59.2 Å². The first-order valence-corrected chi connectivity index (χ1v) is 10.7. The van der Waals surface area contributed by atoms with Gasteiger partial charge >= 0.3 is 0 Å². The zero-order valence-electron chi connectivity index (χ0n) is 18.1. The zero-order chi connectivity index (χ0) is 21.6. The Morgan fingerprint density at radius 2 is 1.94 bits per heavy atom. The van der Waals surface area contributed by atoms with Crippen molar-refractivity contribution < 1.29 is 14.3 Å². The van der Waals surface area contributed by atoms with Crippen LogP contribution < -0.4 is 0 Å². The van der Waals surface area contributed by atoms with Crippen molar-refractivity contribution in [3.05, 3.63) is 65.5 Å². The number of likely N-dealkylation sites (tertiary alicyclic amines) is 1. The van der Waals surface area contributed by atoms with Crippen molar-refractivity contribution in [2.75, 3.05) is 33.4 Å². The van der Waals surface area contributed by atoms with Gasteiger partial charge < -0.3 is 14.4 Å². The number of fused-ring (bicyclic) bond motifs is 1. The van der Waals surface area contributed by atoms with Gasteiger partial charge in [0, 0.05) is 49.5 Å². The van der Waals surface area contributed by atoms with Crippen LogP contribution in [0.4, 0.5) is 0 Å². The van der Waals surface area contributed by atoms with Gasteiger partial charge in [0.15, 0.2) is 0 Å². The first kappa shape index (κ1) is 21.3. The lowest BCUT2D eigenvalue weighted by molar-refractivity contribution is 0.0604. The molecule has 0 spiro atoms. The van der Waals surface area contributed by atoms with Gasteiger partial charge in [-0.1, -0.05) is 24.3 Å². The van der Waals surface area contributed by atoms with E-state index in [-0.39, 0.29) is 11.8 Å². The molecular formula is C24H28N4O3. The number of amides is 1. The summed E-state index contributed by atoms with van der Waals surface area (Å²) < 4.78 is 10.8. The van der Waals surface area contributed by atoms with Gasteiger partial charge in [-0.05, 0) is 31.2 Å². The molecule has 3 heterocycles. The third-order valence-electron chi connectivity index (χ3n) is 5.75. The number of aromatic nitrogens is 3. The molecule has 1 aliphatic heterocycles. The Labute approximate surface area is 182 Å². The lowest BCUT2D eigenvalue weighted by Gasteiger charge is -2.32. The Hall–Kier alpha value is -2.90. The first-order chi connectivity index (χ1) is 15.2. The molecule has 0 N–H and O–H groups in total. The smallest absolute Gasteiger partial charge is 0.273 e. The monoisotopic (exact) mass is 420 g/mol. The predicted octanol–water partition coefficient (Wildman–Crippen LogP) is 3.52. The maximum Gasteiger partial charge on any atom is 0.273 e. The highest BCUT2D eigenvalue weighted by Crippen LogP contribution is 2.30. The molecular weight excluding hydrogens is 392 g/mol. The van der Waals surface area contributed by atoms with Crippen molar-refractivity contribution in [3.63, 3.8) is 0 Å². The topological polar surface area (TPSA) is 77.4 Å². The standard InChI is InChI=1S/C24H28N4O3/c1-17-26-15-20(16-31-14-13-30-2)22(27-17)19-8-11-28(12-9-19)24(29)23-21-6-4-3-5-18(21)7-10-25-23/h3-7,10,15,19H,8-9,11-14,16H2,1-2H3. The Bertz CT molecular complexity index is 1040. The van der Waals surface area contributed by atoms with Gasteiger partial charge in [0.1, 0.15) is 11.5 Å². The largest absolute Gasteiger partial charge is 0.382 e. The summed E-state index contributed by atoms with van der Waals surface area (Å²) in [6.07, 6.45) is 5.29. The fourth-order valence-electron chi connectivity index (χ4n) is 4.10. The van der Waals surface area contributed by atoms with E-state index in [4.69, 9.17) is 14.5 Å². The summed E-state index contributed by atoms with van der Waals surface area (Å²) in [6.45, 7) is 4.84. The molecule has 2 aromatic heterocycles. The highest BCUT2D eigenvalue weighted by Gasteiger charge is 2.28. The minimum absolute atomic E-state index is 0.00256. The number of methoxy groups -OCH3 is 1. The summed E-state index contributed by atoms with van der Waals surface area (Å²) in [4.78, 5) is 28.6. The Morgan fingerprint density at radius 1 is 1.13 bits per heavy atom. The Morgan fingerprint density at radius 3 is 2.74 bits per heavy atom. The van der Waals surface area contributed by atoms with Crippen LogP contribution in [0.15, 0.2) is 42.7 Å². The van der Waals surface area contributed by atoms with E-state index in [0.29, 0.717) is 38.6 Å². The van der Waals surface area contributed by atoms with E-state index in [1.165, 1.54) is 0 Å². The fourth-order valence-corrected chi connectivity index (χ4v) is 4.10. The first-order valence-electron chi connectivity index (χ1n) is 10.7. The molecule has 3 aromatic rings. The van der Waals surface area contributed by atoms with Crippen LogP contribution in [0.5, 0.6) is 0 Å². The maximum atomic E-state index is 13.2. The van der Waals surface area contributed by atoms with E-state index < -0.39 is 0 Å². The summed E-state index contributed by atoms with van der Waals surface area (Å²) in [5.41, 5.74) is 2.59. The quantitative estimate of drug-likeness (QED) is 0.545. The number of carbonyl (C=O) groups is 1. The van der Waals surface area contributed by atoms with Crippen molar-refractivity contribution in [1.82, 2.24) is 19.9 Å². The fraction of sp³-hybridized carbons (Fsp3) is 0.417. The van der Waals surface area contributed by atoms with Crippen LogP contribution in [0.1, 0.15) is 46.3 Å². The van der Waals surface area contributed by atoms with Gasteiger partial charge in [0.2, 0.25) is 0 Å². The molecule has 0 radical (unpaired) electrons. The van der Waals surface area contributed by atoms with Crippen molar-refractivity contribution >= 4 is 16.7 Å². The average Bonchev–Trinajstić information content (AvgIpc) is 2.82. The highest BCUT2D eigenvalue weighted by atomic mass is 16.5. The molecule has 0 atom stereocenters. The molecule has 1 amide bonds. The van der Waals surface area contributed by atoms with Gasteiger partial charge in [0.25, 0.3) is 5.91 Å². The third-order valence-corrected chi connectivity index (χ3v) is 5.75. The molecule has 1 saturated heterocycles. The number of rotatable bonds is 7. The second-order valence-corrected chi connectivity index (χ2v) is 7.82. The Balaban J connectivity index is 1.45. The Kier molecular flexibility index (Phi) is 6.84. The summed E-state index contributed by atoms with van der Waals surface area (Å²) >= 11 is 0. The highest BCUT2D eigenvalue weighted by molar-refractivity contribution is 6.05. The van der Waals surface area contributed by atoms with Crippen LogP contribution in [0.25, 0.3) is 10.8 Å². The lowest BCUT2D eigenvalue weighted by Crippen LogP contribution is -2.38. The summed E-state index contributed by atoms with van der Waals surface area (Å²) in [5, 5.41) is 1.93. The third kappa shape index (κ3) is 4.89. The van der Waals surface area contributed by atoms with E-state index in [1.54, 1.807) is 13.3 Å². The molecule has 1 fully saturated rings. The molecule has 0 unspecified atom stereocenters. The maximum absolute atomic E-state index is 13.2. The molecule has 1 aliphatic rings. The molecule has 162 valence electrons. The summed E-state index contributed by atoms with van der Waals surface area (Å²) in [6, 6.07) is 9.82. The predicted molar refractivity (Wildman–Crippen MR) is 118 cm³/mol. The number of pyridine rings is 1. The molecule has 0 bridgehead atoms. The second-order valence-electron chi connectivity index (χ2n) is 7.82. The van der Waals surface area contributed by atoms with Gasteiger partial charge in [-0.25, -0.2) is 9.97 Å². The summed E-state index contributed by atoms with van der Waals surface area (Å²) in [5.74, 6) is 1.04. The SMILES string of the molecule is COCCOCc1cnc(C)nc1C1CCN(C(=O)c2nccc3ccccc23)CC1. The van der Waals surface area contributed by atoms with Crippen LogP contribution in [0.2, 0.25) is 0 Å². The minimum Gasteiger partial charge on any atom is -0.382 e. The van der Waals surface area contributed by atoms with E-state index in [1.807, 2.05) is 48.4 Å². The van der Waals surface area contributed by atoms with Crippen LogP contribution in [0, 0.1) is 6.92 Å². The average molecular weight is 421 g/mol. The van der Waals surface area contributed by atoms with E-state index >= 15 is 0 Å². The van der Waals surface area contributed by atoms with Crippen LogP contribution >= 0.6 is 0 Å². The number of piperidine rings is 1. The molecule has 31 heavy (non-hydrogen) atoms. The molecule has 4 rings (SSSR count). The van der Waals surface area contributed by atoms with Gasteiger partial charge in [-0.2, -0.15) is 0 Å². The minimum atomic E-state index is -0.00256. The normalized spacial score (nSPS) is 14.8. The van der Waals surface area contributed by atoms with Crippen LogP contribution in [-0.2, 0) is 16.1 Å². The van der Waals surface area contributed by atoms with Crippen molar-refractivity contribution in [1.29, 1.82) is 0 Å². The molecule has 0 aliphatic carbocycles. The van der Waals surface area contributed by atoms with Crippen molar-refractivity contribution in [3.8, 4) is 0 Å². The zero-order valence-corrected chi connectivity index (χ0v) is 18.1. The number of benzene rings is 1. The molecule has 7 heteroatoms. The number of ether oxygens (including phenoxy) is 2. The number of carbonyl (C=O) groups excluding carboxylic acids is 1. The molecule has 0 saturated carbocycles. The number of hydrogen-bond acceptors (Lipinski definition) is 6. The van der Waals surface area contributed by atoms with Gasteiger partial charge in [-0.15, -0.1) is 0 Å². The lowest BCUT2D eigenvalue weighted by atomic mass is 9.90. The van der Waals surface area contributed by atoms with Gasteiger partial charge in [0.05, 0.1) is 25.5 Å². The van der Waals surface area contributed by atoms with Crippen molar-refractivity contribution in [2.24, 2.45) is 0 Å². The van der Waals surface area contributed by atoms with E-state index in [2.05, 4.69) is 9.97 Å². The number of nitrogens with zero attached hydrogens (tertiary/aromatic N) is 4. The molecule has 1 aromatic carbocycles. The van der Waals surface area contributed by atoms with E-state index in [0.717, 1.165) is 40.7 Å². The number of aryl methyl sites for hydroxylation is 1.